The molecule has 0 unspecified atom stereocenters. The van der Waals surface area contributed by atoms with Gasteiger partial charge in [0.1, 0.15) is 0 Å². The summed E-state index contributed by atoms with van der Waals surface area (Å²) in [5.41, 5.74) is 6.65. The van der Waals surface area contributed by atoms with Crippen LogP contribution in [0.5, 0.6) is 0 Å². The summed E-state index contributed by atoms with van der Waals surface area (Å²) < 4.78 is 1.00. The van der Waals surface area contributed by atoms with Gasteiger partial charge in [-0.3, -0.25) is 5.43 Å². The smallest absolute Gasteiger partial charge is 0.203 e. The minimum Gasteiger partial charge on any atom is -0.252 e. The Morgan fingerprint density at radius 3 is 2.71 bits per heavy atom. The van der Waals surface area contributed by atoms with Gasteiger partial charge in [0.2, 0.25) is 5.13 Å². The van der Waals surface area contributed by atoms with E-state index in [0.717, 1.165) is 27.0 Å². The zero-order valence-corrected chi connectivity index (χ0v) is 16.5. The van der Waals surface area contributed by atoms with Crippen molar-refractivity contribution in [3.05, 3.63) is 67.9 Å². The van der Waals surface area contributed by atoms with Crippen molar-refractivity contribution < 1.29 is 0 Å². The van der Waals surface area contributed by atoms with Crippen LogP contribution < -0.4 is 5.43 Å². The van der Waals surface area contributed by atoms with Crippen LogP contribution in [0.3, 0.4) is 0 Å². The zero-order chi connectivity index (χ0) is 17.1. The van der Waals surface area contributed by atoms with E-state index < -0.39 is 0 Å². The Morgan fingerprint density at radius 1 is 1.17 bits per heavy atom. The molecule has 0 saturated heterocycles. The van der Waals surface area contributed by atoms with E-state index in [1.54, 1.807) is 12.1 Å². The Balaban J connectivity index is 1.78. The van der Waals surface area contributed by atoms with Crippen LogP contribution >= 0.6 is 50.5 Å². The number of anilines is 1. The van der Waals surface area contributed by atoms with Crippen LogP contribution in [0.2, 0.25) is 10.0 Å². The van der Waals surface area contributed by atoms with Crippen molar-refractivity contribution in [1.29, 1.82) is 0 Å². The van der Waals surface area contributed by atoms with E-state index in [-0.39, 0.29) is 0 Å². The first kappa shape index (κ1) is 17.4. The molecule has 1 N–H and O–H groups in total. The molecule has 24 heavy (non-hydrogen) atoms. The number of rotatable bonds is 4. The molecule has 0 radical (unpaired) electrons. The van der Waals surface area contributed by atoms with E-state index in [1.165, 1.54) is 11.3 Å². The molecule has 3 nitrogen and oxygen atoms in total. The molecule has 3 aromatic rings. The molecule has 0 aliphatic rings. The van der Waals surface area contributed by atoms with Crippen molar-refractivity contribution in [2.75, 3.05) is 5.43 Å². The third-order valence-electron chi connectivity index (χ3n) is 3.30. The number of halogens is 3. The van der Waals surface area contributed by atoms with Crippen molar-refractivity contribution in [3.63, 3.8) is 0 Å². The van der Waals surface area contributed by atoms with E-state index >= 15 is 0 Å². The summed E-state index contributed by atoms with van der Waals surface area (Å²) in [6.45, 7) is 1.95. The van der Waals surface area contributed by atoms with Gasteiger partial charge in [-0.1, -0.05) is 63.4 Å². The molecule has 0 bridgehead atoms. The SMILES string of the molecule is C/C(=N/Nc1nc(-c2ccc(Cl)c(Cl)c2)cs1)c1ccccc1Br. The minimum atomic E-state index is 0.513. The molecule has 122 valence electrons. The van der Waals surface area contributed by atoms with Crippen LogP contribution in [0.25, 0.3) is 11.3 Å². The Labute approximate surface area is 162 Å². The van der Waals surface area contributed by atoms with Gasteiger partial charge in [-0.2, -0.15) is 5.10 Å². The second-order valence-corrected chi connectivity index (χ2v) is 7.48. The van der Waals surface area contributed by atoms with E-state index in [1.807, 2.05) is 42.6 Å². The van der Waals surface area contributed by atoms with Crippen molar-refractivity contribution in [2.45, 2.75) is 6.92 Å². The fourth-order valence-electron chi connectivity index (χ4n) is 2.06. The summed E-state index contributed by atoms with van der Waals surface area (Å²) in [5, 5.41) is 8.11. The highest BCUT2D eigenvalue weighted by atomic mass is 79.9. The summed E-state index contributed by atoms with van der Waals surface area (Å²) in [5.74, 6) is 0. The van der Waals surface area contributed by atoms with Crippen LogP contribution in [-0.4, -0.2) is 10.7 Å². The summed E-state index contributed by atoms with van der Waals surface area (Å²) >= 11 is 17.0. The average molecular weight is 441 g/mol. The van der Waals surface area contributed by atoms with Crippen molar-refractivity contribution >= 4 is 61.3 Å². The molecule has 0 aliphatic carbocycles. The number of hydrogen-bond acceptors (Lipinski definition) is 4. The molecule has 2 aromatic carbocycles. The molecule has 7 heteroatoms. The van der Waals surface area contributed by atoms with Gasteiger partial charge in [0, 0.05) is 21.0 Å². The second kappa shape index (κ2) is 7.66. The van der Waals surface area contributed by atoms with Crippen molar-refractivity contribution in [1.82, 2.24) is 4.98 Å². The standard InChI is InChI=1S/C17H12BrCl2N3S/c1-10(12-4-2-3-5-13(12)18)22-23-17-21-16(9-24-17)11-6-7-14(19)15(20)8-11/h2-9H,1H3,(H,21,23)/b22-10-. The number of benzene rings is 2. The molecule has 0 saturated carbocycles. The van der Waals surface area contributed by atoms with E-state index in [4.69, 9.17) is 23.2 Å². The zero-order valence-electron chi connectivity index (χ0n) is 12.6. The summed E-state index contributed by atoms with van der Waals surface area (Å²) in [6, 6.07) is 13.4. The van der Waals surface area contributed by atoms with Crippen molar-refractivity contribution in [3.8, 4) is 11.3 Å². The number of nitrogens with one attached hydrogen (secondary N) is 1. The lowest BCUT2D eigenvalue weighted by Crippen LogP contribution is -2.00. The topological polar surface area (TPSA) is 37.3 Å². The normalized spacial score (nSPS) is 11.6. The van der Waals surface area contributed by atoms with E-state index in [0.29, 0.717) is 15.2 Å². The molecule has 3 rings (SSSR count). The van der Waals surface area contributed by atoms with Gasteiger partial charge >= 0.3 is 0 Å². The summed E-state index contributed by atoms with van der Waals surface area (Å²) in [7, 11) is 0. The predicted molar refractivity (Wildman–Crippen MR) is 108 cm³/mol. The first-order valence-corrected chi connectivity index (χ1v) is 9.43. The Kier molecular flexibility index (Phi) is 5.56. The van der Waals surface area contributed by atoms with Gasteiger partial charge in [-0.15, -0.1) is 11.3 Å². The largest absolute Gasteiger partial charge is 0.252 e. The Hall–Kier alpha value is -1.40. The first-order chi connectivity index (χ1) is 11.5. The average Bonchev–Trinajstić information content (AvgIpc) is 3.04. The monoisotopic (exact) mass is 439 g/mol. The minimum absolute atomic E-state index is 0.513. The van der Waals surface area contributed by atoms with E-state index in [2.05, 4.69) is 31.4 Å². The van der Waals surface area contributed by atoms with Gasteiger partial charge in [0.15, 0.2) is 0 Å². The van der Waals surface area contributed by atoms with Gasteiger partial charge in [-0.05, 0) is 25.1 Å². The molecular weight excluding hydrogens is 429 g/mol. The van der Waals surface area contributed by atoms with Crippen LogP contribution in [0.15, 0.2) is 57.4 Å². The molecule has 0 fully saturated rings. The second-order valence-electron chi connectivity index (χ2n) is 4.96. The van der Waals surface area contributed by atoms with Crippen LogP contribution in [0.4, 0.5) is 5.13 Å². The Bertz CT molecular complexity index is 908. The number of hydrazone groups is 1. The maximum atomic E-state index is 6.06. The lowest BCUT2D eigenvalue weighted by atomic mass is 10.1. The maximum absolute atomic E-state index is 6.06. The highest BCUT2D eigenvalue weighted by Crippen LogP contribution is 2.30. The number of hydrogen-bond donors (Lipinski definition) is 1. The Morgan fingerprint density at radius 2 is 1.96 bits per heavy atom. The molecule has 0 amide bonds. The van der Waals surface area contributed by atoms with Crippen LogP contribution in [0, 0.1) is 0 Å². The van der Waals surface area contributed by atoms with Crippen LogP contribution in [0.1, 0.15) is 12.5 Å². The highest BCUT2D eigenvalue weighted by molar-refractivity contribution is 9.10. The summed E-state index contributed by atoms with van der Waals surface area (Å²) in [6.07, 6.45) is 0. The molecule has 1 heterocycles. The van der Waals surface area contributed by atoms with Gasteiger partial charge in [0.25, 0.3) is 0 Å². The number of thiazole rings is 1. The lowest BCUT2D eigenvalue weighted by molar-refractivity contribution is 1.27. The van der Waals surface area contributed by atoms with Gasteiger partial charge in [0.05, 0.1) is 21.5 Å². The fourth-order valence-corrected chi connectivity index (χ4v) is 3.59. The fraction of sp³-hybridized carbons (Fsp3) is 0.0588. The molecule has 1 aromatic heterocycles. The molecule has 0 aliphatic heterocycles. The summed E-state index contributed by atoms with van der Waals surface area (Å²) in [4.78, 5) is 4.53. The predicted octanol–water partition coefficient (Wildman–Crippen LogP) is 6.72. The molecule has 0 atom stereocenters. The van der Waals surface area contributed by atoms with Crippen molar-refractivity contribution in [2.24, 2.45) is 5.10 Å². The third kappa shape index (κ3) is 3.98. The van der Waals surface area contributed by atoms with E-state index in [9.17, 15) is 0 Å². The third-order valence-corrected chi connectivity index (χ3v) is 5.48. The first-order valence-electron chi connectivity index (χ1n) is 7.01. The van der Waals surface area contributed by atoms with Gasteiger partial charge < -0.3 is 0 Å². The molecular formula is C17H12BrCl2N3S. The quantitative estimate of drug-likeness (QED) is 0.361. The number of aromatic nitrogens is 1. The maximum Gasteiger partial charge on any atom is 0.203 e. The lowest BCUT2D eigenvalue weighted by Gasteiger charge is -2.03. The van der Waals surface area contributed by atoms with Gasteiger partial charge in [-0.25, -0.2) is 4.98 Å². The number of nitrogens with zero attached hydrogens (tertiary/aromatic N) is 2. The van der Waals surface area contributed by atoms with Crippen LogP contribution in [-0.2, 0) is 0 Å². The molecule has 0 spiro atoms. The highest BCUT2D eigenvalue weighted by Gasteiger charge is 2.07.